The molecule has 0 bridgehead atoms. The van der Waals surface area contributed by atoms with Crippen molar-refractivity contribution in [2.45, 2.75) is 52.1 Å². The van der Waals surface area contributed by atoms with Crippen LogP contribution < -0.4 is 10.1 Å². The minimum absolute atomic E-state index is 0.243. The Morgan fingerprint density at radius 2 is 1.96 bits per heavy atom. The van der Waals surface area contributed by atoms with Crippen LogP contribution in [0.3, 0.4) is 0 Å². The topological polar surface area (TPSA) is 64.6 Å². The first-order valence-corrected chi connectivity index (χ1v) is 8.64. The van der Waals surface area contributed by atoms with Crippen LogP contribution in [0.5, 0.6) is 5.75 Å². The summed E-state index contributed by atoms with van der Waals surface area (Å²) in [5, 5.41) is 2.90. The highest BCUT2D eigenvalue weighted by Gasteiger charge is 2.21. The molecule has 0 radical (unpaired) electrons. The predicted octanol–water partition coefficient (Wildman–Crippen LogP) is 3.25. The van der Waals surface area contributed by atoms with Crippen molar-refractivity contribution in [2.75, 3.05) is 13.7 Å². The van der Waals surface area contributed by atoms with Crippen molar-refractivity contribution < 1.29 is 19.1 Å². The fourth-order valence-electron chi connectivity index (χ4n) is 3.01. The first-order chi connectivity index (χ1) is 11.5. The maximum Gasteiger partial charge on any atom is 0.339 e. The molecule has 2 rings (SSSR count). The van der Waals surface area contributed by atoms with Crippen molar-refractivity contribution in [3.8, 4) is 5.75 Å². The normalized spacial score (nSPS) is 16.3. The fourth-order valence-corrected chi connectivity index (χ4v) is 3.01. The Morgan fingerprint density at radius 1 is 1.25 bits per heavy atom. The molecule has 1 aromatic carbocycles. The van der Waals surface area contributed by atoms with E-state index in [1.807, 2.05) is 6.92 Å². The molecule has 0 saturated heterocycles. The quantitative estimate of drug-likeness (QED) is 0.812. The molecule has 24 heavy (non-hydrogen) atoms. The molecular weight excluding hydrogens is 306 g/mol. The van der Waals surface area contributed by atoms with Crippen molar-refractivity contribution in [3.63, 3.8) is 0 Å². The number of rotatable bonds is 6. The predicted molar refractivity (Wildman–Crippen MR) is 92.2 cm³/mol. The van der Waals surface area contributed by atoms with Crippen molar-refractivity contribution in [1.82, 2.24) is 5.32 Å². The number of amides is 1. The maximum absolute atomic E-state index is 12.2. The first kappa shape index (κ1) is 18.3. The third-order valence-corrected chi connectivity index (χ3v) is 4.59. The number of carbonyl (C=O) groups excluding carboxylic acids is 2. The third-order valence-electron chi connectivity index (χ3n) is 4.59. The van der Waals surface area contributed by atoms with Gasteiger partial charge in [0.25, 0.3) is 5.91 Å². The van der Waals surface area contributed by atoms with Crippen LogP contribution >= 0.6 is 0 Å². The molecular formula is C19H27NO4. The van der Waals surface area contributed by atoms with E-state index >= 15 is 0 Å². The van der Waals surface area contributed by atoms with Crippen LogP contribution in [0.1, 0.15) is 54.9 Å². The maximum atomic E-state index is 12.2. The fraction of sp³-hybridized carbons (Fsp3) is 0.579. The van der Waals surface area contributed by atoms with Gasteiger partial charge in [0, 0.05) is 6.54 Å². The molecule has 1 atom stereocenters. The van der Waals surface area contributed by atoms with Gasteiger partial charge in [-0.3, -0.25) is 4.79 Å². The van der Waals surface area contributed by atoms with Crippen LogP contribution in [-0.2, 0) is 9.53 Å². The molecule has 1 aliphatic rings. The SMILES string of the molecule is COc1cc(C(=O)O[C@@H](C)C(=O)NCC2CCCCC2)ccc1C. The molecule has 0 spiro atoms. The summed E-state index contributed by atoms with van der Waals surface area (Å²) in [5.41, 5.74) is 1.32. The largest absolute Gasteiger partial charge is 0.496 e. The standard InChI is InChI=1S/C19H27NO4/c1-13-9-10-16(11-17(13)23-3)19(22)24-14(2)18(21)20-12-15-7-5-4-6-8-15/h9-11,14-15H,4-8,12H2,1-3H3,(H,20,21)/t14-/m0/s1. The molecule has 0 aromatic heterocycles. The summed E-state index contributed by atoms with van der Waals surface area (Å²) in [7, 11) is 1.55. The monoisotopic (exact) mass is 333 g/mol. The number of carbonyl (C=O) groups is 2. The molecule has 0 aliphatic heterocycles. The number of benzene rings is 1. The van der Waals surface area contributed by atoms with Crippen molar-refractivity contribution in [1.29, 1.82) is 0 Å². The Kier molecular flexibility index (Phi) is 6.64. The number of nitrogens with one attached hydrogen (secondary N) is 1. The zero-order valence-corrected chi connectivity index (χ0v) is 14.8. The number of ether oxygens (including phenoxy) is 2. The minimum Gasteiger partial charge on any atom is -0.496 e. The number of hydrogen-bond donors (Lipinski definition) is 1. The molecule has 1 saturated carbocycles. The van der Waals surface area contributed by atoms with Gasteiger partial charge in [-0.1, -0.05) is 25.3 Å². The summed E-state index contributed by atoms with van der Waals surface area (Å²) in [6, 6.07) is 5.10. The van der Waals surface area contributed by atoms with Crippen LogP contribution in [0.4, 0.5) is 0 Å². The smallest absolute Gasteiger partial charge is 0.339 e. The second-order valence-electron chi connectivity index (χ2n) is 6.48. The van der Waals surface area contributed by atoms with E-state index in [1.54, 1.807) is 32.2 Å². The molecule has 1 fully saturated rings. The summed E-state index contributed by atoms with van der Waals surface area (Å²) in [5.74, 6) is 0.410. The average Bonchev–Trinajstić information content (AvgIpc) is 2.60. The van der Waals surface area contributed by atoms with Gasteiger partial charge in [0.05, 0.1) is 12.7 Å². The van der Waals surface area contributed by atoms with Crippen molar-refractivity contribution in [3.05, 3.63) is 29.3 Å². The Hall–Kier alpha value is -2.04. The van der Waals surface area contributed by atoms with Gasteiger partial charge < -0.3 is 14.8 Å². The molecule has 1 amide bonds. The highest BCUT2D eigenvalue weighted by atomic mass is 16.5. The van der Waals surface area contributed by atoms with Crippen LogP contribution in [0.25, 0.3) is 0 Å². The number of methoxy groups -OCH3 is 1. The van der Waals surface area contributed by atoms with E-state index in [4.69, 9.17) is 9.47 Å². The second kappa shape index (κ2) is 8.71. The lowest BCUT2D eigenvalue weighted by Crippen LogP contribution is -2.38. The van der Waals surface area contributed by atoms with Gasteiger partial charge in [-0.15, -0.1) is 0 Å². The first-order valence-electron chi connectivity index (χ1n) is 8.64. The van der Waals surface area contributed by atoms with Crippen LogP contribution in [0.15, 0.2) is 18.2 Å². The van der Waals surface area contributed by atoms with Crippen LogP contribution in [0, 0.1) is 12.8 Å². The van der Waals surface area contributed by atoms with E-state index in [9.17, 15) is 9.59 Å². The van der Waals surface area contributed by atoms with Crippen LogP contribution in [0.2, 0.25) is 0 Å². The Balaban J connectivity index is 1.84. The highest BCUT2D eigenvalue weighted by Crippen LogP contribution is 2.23. The third kappa shape index (κ3) is 4.98. The Bertz CT molecular complexity index is 579. The Labute approximate surface area is 143 Å². The number of aryl methyl sites for hydroxylation is 1. The minimum atomic E-state index is -0.812. The van der Waals surface area contributed by atoms with Gasteiger partial charge >= 0.3 is 5.97 Å². The summed E-state index contributed by atoms with van der Waals surface area (Å²) in [6.45, 7) is 4.16. The van der Waals surface area contributed by atoms with E-state index < -0.39 is 12.1 Å². The molecule has 1 N–H and O–H groups in total. The van der Waals surface area contributed by atoms with Crippen molar-refractivity contribution in [2.24, 2.45) is 5.92 Å². The highest BCUT2D eigenvalue weighted by molar-refractivity contribution is 5.92. The molecule has 0 unspecified atom stereocenters. The lowest BCUT2D eigenvalue weighted by atomic mass is 9.89. The van der Waals surface area contributed by atoms with Gasteiger partial charge in [-0.25, -0.2) is 4.79 Å². The van der Waals surface area contributed by atoms with E-state index in [0.29, 0.717) is 23.8 Å². The summed E-state index contributed by atoms with van der Waals surface area (Å²) in [4.78, 5) is 24.3. The molecule has 1 aromatic rings. The van der Waals surface area contributed by atoms with E-state index in [-0.39, 0.29) is 5.91 Å². The van der Waals surface area contributed by atoms with Gasteiger partial charge in [-0.05, 0) is 50.3 Å². The molecule has 132 valence electrons. The average molecular weight is 333 g/mol. The molecule has 0 heterocycles. The number of hydrogen-bond acceptors (Lipinski definition) is 4. The van der Waals surface area contributed by atoms with Gasteiger partial charge in [0.2, 0.25) is 0 Å². The summed E-state index contributed by atoms with van der Waals surface area (Å²) >= 11 is 0. The van der Waals surface area contributed by atoms with Gasteiger partial charge in [-0.2, -0.15) is 0 Å². The zero-order valence-electron chi connectivity index (χ0n) is 14.8. The van der Waals surface area contributed by atoms with E-state index in [0.717, 1.165) is 18.4 Å². The number of esters is 1. The molecule has 1 aliphatic carbocycles. The molecule has 5 nitrogen and oxygen atoms in total. The van der Waals surface area contributed by atoms with Gasteiger partial charge in [0.15, 0.2) is 6.10 Å². The lowest BCUT2D eigenvalue weighted by Gasteiger charge is -2.22. The lowest BCUT2D eigenvalue weighted by molar-refractivity contribution is -0.129. The Morgan fingerprint density at radius 3 is 2.62 bits per heavy atom. The van der Waals surface area contributed by atoms with Crippen molar-refractivity contribution >= 4 is 11.9 Å². The zero-order chi connectivity index (χ0) is 17.5. The molecule has 5 heteroatoms. The summed E-state index contributed by atoms with van der Waals surface area (Å²) in [6.07, 6.45) is 5.28. The summed E-state index contributed by atoms with van der Waals surface area (Å²) < 4.78 is 10.5. The second-order valence-corrected chi connectivity index (χ2v) is 6.48. The van der Waals surface area contributed by atoms with Gasteiger partial charge in [0.1, 0.15) is 5.75 Å². The van der Waals surface area contributed by atoms with Crippen LogP contribution in [-0.4, -0.2) is 31.6 Å². The van der Waals surface area contributed by atoms with E-state index in [1.165, 1.54) is 19.3 Å². The van der Waals surface area contributed by atoms with E-state index in [2.05, 4.69) is 5.32 Å².